The zero-order valence-electron chi connectivity index (χ0n) is 12.3. The van der Waals surface area contributed by atoms with Crippen molar-refractivity contribution in [1.82, 2.24) is 5.32 Å². The molecule has 0 saturated carbocycles. The van der Waals surface area contributed by atoms with E-state index in [4.69, 9.17) is 10.2 Å². The number of carbonyl (C=O) groups excluding carboxylic acids is 2. The van der Waals surface area contributed by atoms with Gasteiger partial charge in [-0.1, -0.05) is 20.8 Å². The Balaban J connectivity index is 0. The number of hydrogen-bond acceptors (Lipinski definition) is 4. The zero-order valence-corrected chi connectivity index (χ0v) is 12.3. The lowest BCUT2D eigenvalue weighted by molar-refractivity contribution is -0.143. The molecule has 20 heavy (non-hydrogen) atoms. The number of amides is 1. The topological polar surface area (TPSA) is 121 Å². The van der Waals surface area contributed by atoms with Crippen LogP contribution in [0.5, 0.6) is 0 Å². The Kier molecular flexibility index (Phi) is 11.2. The Labute approximate surface area is 118 Å². The number of aliphatic carboxylic acids is 2. The molecule has 0 aliphatic carbocycles. The number of hydrogen-bond donors (Lipinski definition) is 3. The molecule has 0 rings (SSSR count). The normalized spacial score (nSPS) is 12.4. The molecule has 3 N–H and O–H groups in total. The van der Waals surface area contributed by atoms with Gasteiger partial charge in [0.2, 0.25) is 5.91 Å². The molecule has 2 unspecified atom stereocenters. The molecule has 0 radical (unpaired) electrons. The molecular weight excluding hydrogens is 266 g/mol. The van der Waals surface area contributed by atoms with Crippen LogP contribution in [0, 0.1) is 11.8 Å². The standard InChI is InChI=1S/C7H12O3.C6H11NO3/c1-3-6(8)4-5(2)7(9)10;1-4(3-5(8)9)6(10)7-2/h5H,3-4H2,1-2H3,(H,9,10);4H,3H2,1-2H3,(H,7,10)(H,8,9). The Morgan fingerprint density at radius 3 is 1.80 bits per heavy atom. The number of ketones is 1. The molecule has 0 spiro atoms. The van der Waals surface area contributed by atoms with Gasteiger partial charge in [-0.05, 0) is 0 Å². The maximum atomic E-state index is 10.7. The van der Waals surface area contributed by atoms with E-state index in [0.717, 1.165) is 0 Å². The Hall–Kier alpha value is -1.92. The van der Waals surface area contributed by atoms with Crippen LogP contribution in [-0.2, 0) is 19.2 Å². The van der Waals surface area contributed by atoms with Crippen molar-refractivity contribution in [2.24, 2.45) is 11.8 Å². The first-order valence-electron chi connectivity index (χ1n) is 6.33. The van der Waals surface area contributed by atoms with Crippen molar-refractivity contribution in [3.05, 3.63) is 0 Å². The van der Waals surface area contributed by atoms with Crippen LogP contribution in [0.2, 0.25) is 0 Å². The van der Waals surface area contributed by atoms with E-state index < -0.39 is 23.8 Å². The van der Waals surface area contributed by atoms with E-state index in [1.165, 1.54) is 14.0 Å². The molecular formula is C13H23NO6. The van der Waals surface area contributed by atoms with Gasteiger partial charge < -0.3 is 15.5 Å². The van der Waals surface area contributed by atoms with Gasteiger partial charge in [-0.15, -0.1) is 0 Å². The molecule has 0 aliphatic heterocycles. The fourth-order valence-corrected chi connectivity index (χ4v) is 1.17. The predicted molar refractivity (Wildman–Crippen MR) is 72.2 cm³/mol. The van der Waals surface area contributed by atoms with Crippen LogP contribution in [0.25, 0.3) is 0 Å². The predicted octanol–water partition coefficient (Wildman–Crippen LogP) is 0.920. The van der Waals surface area contributed by atoms with Crippen molar-refractivity contribution in [2.75, 3.05) is 7.05 Å². The fraction of sp³-hybridized carbons (Fsp3) is 0.692. The smallest absolute Gasteiger partial charge is 0.306 e. The molecule has 116 valence electrons. The van der Waals surface area contributed by atoms with Gasteiger partial charge >= 0.3 is 11.9 Å². The lowest BCUT2D eigenvalue weighted by atomic mass is 10.0. The molecule has 0 bridgehead atoms. The summed E-state index contributed by atoms with van der Waals surface area (Å²) in [5.74, 6) is -3.05. The van der Waals surface area contributed by atoms with Crippen molar-refractivity contribution >= 4 is 23.6 Å². The van der Waals surface area contributed by atoms with Gasteiger partial charge in [0.05, 0.1) is 12.3 Å². The summed E-state index contributed by atoms with van der Waals surface area (Å²) in [5, 5.41) is 19.0. The second-order valence-corrected chi connectivity index (χ2v) is 4.45. The minimum absolute atomic E-state index is 0.00917. The highest BCUT2D eigenvalue weighted by atomic mass is 16.4. The Morgan fingerprint density at radius 1 is 1.00 bits per heavy atom. The lowest BCUT2D eigenvalue weighted by Crippen LogP contribution is -2.26. The van der Waals surface area contributed by atoms with Crippen LogP contribution in [0.3, 0.4) is 0 Å². The third-order valence-electron chi connectivity index (χ3n) is 2.52. The quantitative estimate of drug-likeness (QED) is 0.641. The van der Waals surface area contributed by atoms with E-state index in [1.54, 1.807) is 13.8 Å². The molecule has 0 aromatic heterocycles. The van der Waals surface area contributed by atoms with Crippen LogP contribution in [0.4, 0.5) is 0 Å². The van der Waals surface area contributed by atoms with Gasteiger partial charge in [0.1, 0.15) is 5.78 Å². The van der Waals surface area contributed by atoms with E-state index in [9.17, 15) is 19.2 Å². The van der Waals surface area contributed by atoms with Crippen molar-refractivity contribution in [2.45, 2.75) is 40.0 Å². The van der Waals surface area contributed by atoms with Crippen molar-refractivity contribution < 1.29 is 29.4 Å². The van der Waals surface area contributed by atoms with Crippen molar-refractivity contribution in [1.29, 1.82) is 0 Å². The number of nitrogens with one attached hydrogen (secondary N) is 1. The van der Waals surface area contributed by atoms with E-state index >= 15 is 0 Å². The summed E-state index contributed by atoms with van der Waals surface area (Å²) in [5.41, 5.74) is 0. The first-order chi connectivity index (χ1) is 9.15. The Bertz CT molecular complexity index is 353. The molecule has 7 heteroatoms. The molecule has 0 fully saturated rings. The molecule has 0 aromatic carbocycles. The Morgan fingerprint density at radius 2 is 1.50 bits per heavy atom. The summed E-state index contributed by atoms with van der Waals surface area (Å²) in [6.07, 6.45) is 0.475. The van der Waals surface area contributed by atoms with Crippen molar-refractivity contribution in [3.8, 4) is 0 Å². The molecule has 7 nitrogen and oxygen atoms in total. The average Bonchev–Trinajstić information content (AvgIpc) is 2.37. The summed E-state index contributed by atoms with van der Waals surface area (Å²) in [4.78, 5) is 41.6. The summed E-state index contributed by atoms with van der Waals surface area (Å²) in [6, 6.07) is 0. The van der Waals surface area contributed by atoms with Gasteiger partial charge in [-0.2, -0.15) is 0 Å². The first kappa shape index (κ1) is 20.4. The summed E-state index contributed by atoms with van der Waals surface area (Å²) in [7, 11) is 1.49. The van der Waals surface area contributed by atoms with E-state index in [2.05, 4.69) is 5.32 Å². The fourth-order valence-electron chi connectivity index (χ4n) is 1.17. The van der Waals surface area contributed by atoms with Crippen molar-refractivity contribution in [3.63, 3.8) is 0 Å². The monoisotopic (exact) mass is 289 g/mol. The highest BCUT2D eigenvalue weighted by molar-refractivity contribution is 5.83. The van der Waals surface area contributed by atoms with Crippen LogP contribution in [0.1, 0.15) is 40.0 Å². The van der Waals surface area contributed by atoms with Gasteiger partial charge in [0, 0.05) is 25.8 Å². The van der Waals surface area contributed by atoms with Gasteiger partial charge in [-0.25, -0.2) is 0 Å². The number of carboxylic acids is 2. The van der Waals surface area contributed by atoms with E-state index in [-0.39, 0.29) is 24.5 Å². The zero-order chi connectivity index (χ0) is 16.3. The minimum Gasteiger partial charge on any atom is -0.481 e. The lowest BCUT2D eigenvalue weighted by Gasteiger charge is -2.04. The average molecular weight is 289 g/mol. The molecule has 0 saturated heterocycles. The second kappa shape index (κ2) is 11.0. The molecule has 1 amide bonds. The number of carboxylic acid groups (broad SMARTS) is 2. The van der Waals surface area contributed by atoms with Crippen LogP contribution in [-0.4, -0.2) is 40.9 Å². The summed E-state index contributed by atoms with van der Waals surface area (Å²) >= 11 is 0. The third kappa shape index (κ3) is 11.2. The molecule has 0 aromatic rings. The maximum Gasteiger partial charge on any atom is 0.306 e. The second-order valence-electron chi connectivity index (χ2n) is 4.45. The third-order valence-corrected chi connectivity index (χ3v) is 2.52. The van der Waals surface area contributed by atoms with Gasteiger partial charge in [-0.3, -0.25) is 19.2 Å². The molecule has 0 aliphatic rings. The summed E-state index contributed by atoms with van der Waals surface area (Å²) < 4.78 is 0. The number of Topliss-reactive ketones (excluding diaryl/α,β-unsaturated/α-hetero) is 1. The minimum atomic E-state index is -0.948. The first-order valence-corrected chi connectivity index (χ1v) is 6.33. The van der Waals surface area contributed by atoms with Gasteiger partial charge in [0.15, 0.2) is 0 Å². The number of carbonyl (C=O) groups is 4. The van der Waals surface area contributed by atoms with Crippen LogP contribution < -0.4 is 5.32 Å². The molecule has 0 heterocycles. The SMILES string of the molecule is CCC(=O)CC(C)C(=O)O.CNC(=O)C(C)CC(=O)O. The highest BCUT2D eigenvalue weighted by Crippen LogP contribution is 2.03. The van der Waals surface area contributed by atoms with E-state index in [0.29, 0.717) is 6.42 Å². The number of rotatable bonds is 7. The largest absolute Gasteiger partial charge is 0.481 e. The maximum absolute atomic E-state index is 10.7. The highest BCUT2D eigenvalue weighted by Gasteiger charge is 2.14. The molecule has 2 atom stereocenters. The van der Waals surface area contributed by atoms with Crippen LogP contribution >= 0.6 is 0 Å². The van der Waals surface area contributed by atoms with E-state index in [1.807, 2.05) is 0 Å². The van der Waals surface area contributed by atoms with Crippen LogP contribution in [0.15, 0.2) is 0 Å². The van der Waals surface area contributed by atoms with Gasteiger partial charge in [0.25, 0.3) is 0 Å². The summed E-state index contributed by atoms with van der Waals surface area (Å²) in [6.45, 7) is 4.85.